The van der Waals surface area contributed by atoms with Crippen molar-refractivity contribution in [2.24, 2.45) is 0 Å². The van der Waals surface area contributed by atoms with Crippen LogP contribution in [-0.4, -0.2) is 61.9 Å². The van der Waals surface area contributed by atoms with E-state index in [1.807, 2.05) is 41.8 Å². The largest absolute Gasteiger partial charge is 0.478 e. The fourth-order valence-electron chi connectivity index (χ4n) is 6.98. The Bertz CT molecular complexity index is 3210. The zero-order valence-corrected chi connectivity index (χ0v) is 33.3. The van der Waals surface area contributed by atoms with Crippen LogP contribution < -0.4 is 0 Å². The SMILES string of the molecule is Cc1nc2cc(C(=O)O)ccc2n1-c1ccc(C(F)(F)F)cc1.Cc1nc2cc(C(=O)O)ccc2n1-c1ccc(F)c(F)c1.Cc1nc2cc(C(=O)O)ccc2n1-c1ccccc1. The number of aromatic nitrogens is 6. The summed E-state index contributed by atoms with van der Waals surface area (Å²) in [5.74, 6) is -2.96. The van der Waals surface area contributed by atoms with Crippen molar-refractivity contribution >= 4 is 51.0 Å². The minimum Gasteiger partial charge on any atom is -0.478 e. The number of alkyl halides is 3. The Kier molecular flexibility index (Phi) is 11.6. The lowest BCUT2D eigenvalue weighted by Gasteiger charge is -2.10. The molecule has 0 radical (unpaired) electrons. The van der Waals surface area contributed by atoms with Crippen LogP contribution in [0.4, 0.5) is 22.0 Å². The maximum Gasteiger partial charge on any atom is 0.416 e. The van der Waals surface area contributed by atoms with Gasteiger partial charge in [-0.15, -0.1) is 0 Å². The summed E-state index contributed by atoms with van der Waals surface area (Å²) in [4.78, 5) is 45.9. The number of fused-ring (bicyclic) bond motifs is 3. The molecule has 6 aromatic carbocycles. The first kappa shape index (κ1) is 42.9. The van der Waals surface area contributed by atoms with E-state index in [0.29, 0.717) is 50.6 Å². The second-order valence-corrected chi connectivity index (χ2v) is 14.0. The number of carboxylic acids is 3. The van der Waals surface area contributed by atoms with Gasteiger partial charge in [0.25, 0.3) is 0 Å². The molecule has 9 rings (SSSR count). The third-order valence-electron chi connectivity index (χ3n) is 9.84. The summed E-state index contributed by atoms with van der Waals surface area (Å²) in [7, 11) is 0. The van der Waals surface area contributed by atoms with Gasteiger partial charge in [0, 0.05) is 17.4 Å². The molecule has 3 aromatic heterocycles. The molecule has 17 heteroatoms. The second kappa shape index (κ2) is 17.0. The van der Waals surface area contributed by atoms with Crippen molar-refractivity contribution in [3.05, 3.63) is 179 Å². The molecule has 3 heterocycles. The number of halogens is 5. The van der Waals surface area contributed by atoms with Crippen LogP contribution in [0.3, 0.4) is 0 Å². The molecule has 0 aliphatic rings. The first-order valence-electron chi connectivity index (χ1n) is 18.8. The molecular weight excluding hydrogens is 828 g/mol. The summed E-state index contributed by atoms with van der Waals surface area (Å²) in [5, 5.41) is 27.0. The monoisotopic (exact) mass is 860 g/mol. The van der Waals surface area contributed by atoms with Gasteiger partial charge >= 0.3 is 24.1 Å². The van der Waals surface area contributed by atoms with E-state index in [2.05, 4.69) is 15.0 Å². The van der Waals surface area contributed by atoms with Crippen LogP contribution in [0.2, 0.25) is 0 Å². The highest BCUT2D eigenvalue weighted by Gasteiger charge is 2.30. The molecule has 63 heavy (non-hydrogen) atoms. The molecule has 318 valence electrons. The van der Waals surface area contributed by atoms with Crippen LogP contribution in [0.15, 0.2) is 127 Å². The maximum absolute atomic E-state index is 13.4. The molecular formula is C46H33F5N6O6. The van der Waals surface area contributed by atoms with E-state index in [-0.39, 0.29) is 16.7 Å². The van der Waals surface area contributed by atoms with Gasteiger partial charge in [-0.25, -0.2) is 38.1 Å². The quantitative estimate of drug-likeness (QED) is 0.138. The number of carbonyl (C=O) groups is 3. The van der Waals surface area contributed by atoms with Gasteiger partial charge in [-0.2, -0.15) is 13.2 Å². The molecule has 0 bridgehead atoms. The molecule has 0 spiro atoms. The summed E-state index contributed by atoms with van der Waals surface area (Å²) in [5.41, 5.74) is 5.56. The molecule has 0 saturated heterocycles. The van der Waals surface area contributed by atoms with Gasteiger partial charge < -0.3 is 15.3 Å². The predicted molar refractivity (Wildman–Crippen MR) is 223 cm³/mol. The highest BCUT2D eigenvalue weighted by atomic mass is 19.4. The number of nitrogens with zero attached hydrogens (tertiary/aromatic N) is 6. The lowest BCUT2D eigenvalue weighted by molar-refractivity contribution is -0.137. The van der Waals surface area contributed by atoms with E-state index in [9.17, 15) is 36.3 Å². The summed E-state index contributed by atoms with van der Waals surface area (Å²) < 4.78 is 69.7. The summed E-state index contributed by atoms with van der Waals surface area (Å²) >= 11 is 0. The summed E-state index contributed by atoms with van der Waals surface area (Å²) in [6.07, 6.45) is -4.39. The second-order valence-electron chi connectivity index (χ2n) is 14.0. The van der Waals surface area contributed by atoms with E-state index in [0.717, 1.165) is 41.3 Å². The zero-order valence-electron chi connectivity index (χ0n) is 33.3. The van der Waals surface area contributed by atoms with E-state index in [1.54, 1.807) is 53.3 Å². The molecule has 9 aromatic rings. The third-order valence-corrected chi connectivity index (χ3v) is 9.84. The van der Waals surface area contributed by atoms with Crippen LogP contribution in [-0.2, 0) is 6.18 Å². The van der Waals surface area contributed by atoms with Crippen molar-refractivity contribution in [3.63, 3.8) is 0 Å². The van der Waals surface area contributed by atoms with Crippen molar-refractivity contribution in [3.8, 4) is 17.1 Å². The van der Waals surface area contributed by atoms with Crippen LogP contribution in [0.5, 0.6) is 0 Å². The van der Waals surface area contributed by atoms with Crippen LogP contribution in [0, 0.1) is 32.4 Å². The molecule has 0 aliphatic heterocycles. The Morgan fingerprint density at radius 1 is 0.460 bits per heavy atom. The fraction of sp³-hybridized carbons (Fsp3) is 0.0870. The topological polar surface area (TPSA) is 165 Å². The molecule has 0 amide bonds. The van der Waals surface area contributed by atoms with Crippen molar-refractivity contribution in [1.82, 2.24) is 28.7 Å². The Morgan fingerprint density at radius 2 is 0.825 bits per heavy atom. The minimum atomic E-state index is -4.39. The molecule has 3 N–H and O–H groups in total. The van der Waals surface area contributed by atoms with Crippen LogP contribution >= 0.6 is 0 Å². The zero-order chi connectivity index (χ0) is 45.3. The number of hydrogen-bond donors (Lipinski definition) is 3. The third kappa shape index (κ3) is 8.83. The van der Waals surface area contributed by atoms with E-state index in [4.69, 9.17) is 15.3 Å². The number of rotatable bonds is 6. The molecule has 0 fully saturated rings. The highest BCUT2D eigenvalue weighted by molar-refractivity contribution is 5.94. The Morgan fingerprint density at radius 3 is 1.19 bits per heavy atom. The van der Waals surface area contributed by atoms with Gasteiger partial charge in [-0.05, 0) is 124 Å². The predicted octanol–water partition coefficient (Wildman–Crippen LogP) is 10.4. The van der Waals surface area contributed by atoms with E-state index >= 15 is 0 Å². The Hall–Kier alpha value is -8.21. The molecule has 0 atom stereocenters. The number of imidazole rings is 3. The van der Waals surface area contributed by atoms with Crippen LogP contribution in [0.25, 0.3) is 50.2 Å². The molecule has 0 saturated carbocycles. The number of carboxylic acid groups (broad SMARTS) is 3. The first-order valence-corrected chi connectivity index (χ1v) is 18.8. The van der Waals surface area contributed by atoms with Crippen molar-refractivity contribution in [2.75, 3.05) is 0 Å². The Labute approximate surface area is 353 Å². The lowest BCUT2D eigenvalue weighted by atomic mass is 10.2. The van der Waals surface area contributed by atoms with E-state index < -0.39 is 41.3 Å². The lowest BCUT2D eigenvalue weighted by Crippen LogP contribution is -2.05. The van der Waals surface area contributed by atoms with Crippen molar-refractivity contribution in [1.29, 1.82) is 0 Å². The van der Waals surface area contributed by atoms with Gasteiger partial charge in [-0.1, -0.05) is 18.2 Å². The number of hydrogen-bond acceptors (Lipinski definition) is 6. The highest BCUT2D eigenvalue weighted by Crippen LogP contribution is 2.31. The Balaban J connectivity index is 0.000000142. The number of para-hydroxylation sites is 1. The normalized spacial score (nSPS) is 11.2. The summed E-state index contributed by atoms with van der Waals surface area (Å²) in [6.45, 7) is 5.33. The van der Waals surface area contributed by atoms with Gasteiger partial charge in [0.15, 0.2) is 11.6 Å². The van der Waals surface area contributed by atoms with Gasteiger partial charge in [0.05, 0.1) is 61.0 Å². The van der Waals surface area contributed by atoms with Gasteiger partial charge in [0.1, 0.15) is 17.5 Å². The average Bonchev–Trinajstić information content (AvgIpc) is 3.89. The number of aromatic carboxylic acids is 3. The number of benzene rings is 6. The summed E-state index contributed by atoms with van der Waals surface area (Å²) in [6, 6.07) is 32.1. The standard InChI is InChI=1S/C16H11F3N2O2.C15H10F2N2O2.C15H12N2O2/c1-9-20-13-8-10(15(22)23)2-7-14(13)21(9)12-5-3-11(4-6-12)16(17,18)19;1-8-18-13-6-9(15(20)21)2-5-14(13)19(8)10-3-4-11(16)12(17)7-10;1-10-16-13-9-11(15(18)19)7-8-14(13)17(10)12-5-3-2-4-6-12/h2-8H,1H3,(H,22,23);2-7H,1H3,(H,20,21);2-9H,1H3,(H,18,19). The fourth-order valence-corrected chi connectivity index (χ4v) is 6.98. The smallest absolute Gasteiger partial charge is 0.416 e. The number of aryl methyl sites for hydroxylation is 3. The molecule has 12 nitrogen and oxygen atoms in total. The average molecular weight is 861 g/mol. The minimum absolute atomic E-state index is 0.106. The first-order chi connectivity index (χ1) is 29.9. The van der Waals surface area contributed by atoms with Gasteiger partial charge in [0.2, 0.25) is 0 Å². The van der Waals surface area contributed by atoms with E-state index in [1.165, 1.54) is 42.5 Å². The maximum atomic E-state index is 13.4. The molecule has 0 aliphatic carbocycles. The molecule has 0 unspecified atom stereocenters. The van der Waals surface area contributed by atoms with Crippen molar-refractivity contribution < 1.29 is 51.7 Å². The van der Waals surface area contributed by atoms with Gasteiger partial charge in [-0.3, -0.25) is 13.7 Å². The van der Waals surface area contributed by atoms with Crippen molar-refractivity contribution in [2.45, 2.75) is 26.9 Å². The van der Waals surface area contributed by atoms with Crippen LogP contribution in [0.1, 0.15) is 54.1 Å².